The number of nitrogens with zero attached hydrogens (tertiary/aromatic N) is 1. The molecule has 1 unspecified atom stereocenters. The van der Waals surface area contributed by atoms with Crippen LogP contribution in [-0.4, -0.2) is 84.6 Å². The molecule has 2 saturated heterocycles. The molecule has 2 aliphatic rings. The maximum Gasteiger partial charge on any atom is 0.344 e. The number of aliphatic hydroxyl groups excluding tert-OH is 1. The van der Waals surface area contributed by atoms with Crippen molar-refractivity contribution in [3.05, 3.63) is 71.3 Å². The molecule has 0 spiro atoms. The summed E-state index contributed by atoms with van der Waals surface area (Å²) in [6.45, 7) is 13.2. The van der Waals surface area contributed by atoms with Gasteiger partial charge in [0.05, 0.1) is 5.69 Å². The normalized spacial score (nSPS) is 29.2. The van der Waals surface area contributed by atoms with Crippen molar-refractivity contribution in [1.29, 1.82) is 0 Å². The van der Waals surface area contributed by atoms with Gasteiger partial charge in [-0.1, -0.05) is 77.1 Å². The van der Waals surface area contributed by atoms with Gasteiger partial charge in [0, 0.05) is 30.7 Å². The van der Waals surface area contributed by atoms with Gasteiger partial charge >= 0.3 is 23.9 Å². The summed E-state index contributed by atoms with van der Waals surface area (Å²) in [5, 5.41) is 46.4. The van der Waals surface area contributed by atoms with Crippen molar-refractivity contribution in [3.8, 4) is 0 Å². The summed E-state index contributed by atoms with van der Waals surface area (Å²) in [6, 6.07) is 9.47. The Bertz CT molecular complexity index is 1660. The highest BCUT2D eigenvalue weighted by atomic mass is 32.1. The number of hydrogen-bond donors (Lipinski definition) is 5. The average molecular weight is 745 g/mol. The van der Waals surface area contributed by atoms with Gasteiger partial charge in [0.15, 0.2) is 11.2 Å². The number of hydrogen-bond acceptors (Lipinski definition) is 13. The zero-order valence-electron chi connectivity index (χ0n) is 29.9. The predicted octanol–water partition coefficient (Wildman–Crippen LogP) is 4.21. The average Bonchev–Trinajstić information content (AvgIpc) is 3.61. The number of anilines is 1. The number of esters is 2. The molecule has 14 nitrogen and oxygen atoms in total. The number of carboxylic acids is 2. The first-order valence-electron chi connectivity index (χ1n) is 17.2. The van der Waals surface area contributed by atoms with E-state index in [9.17, 15) is 39.6 Å². The number of allylic oxidation sites excluding steroid dienone is 1. The second-order valence-corrected chi connectivity index (χ2v) is 14.8. The van der Waals surface area contributed by atoms with Gasteiger partial charge in [-0.05, 0) is 42.2 Å². The lowest BCUT2D eigenvalue weighted by molar-refractivity contribution is -0.383. The molecule has 284 valence electrons. The Morgan fingerprint density at radius 2 is 1.81 bits per heavy atom. The quantitative estimate of drug-likeness (QED) is 0.0870. The molecule has 0 aliphatic carbocycles. The van der Waals surface area contributed by atoms with Crippen LogP contribution >= 0.6 is 11.3 Å². The molecule has 0 radical (unpaired) electrons. The minimum absolute atomic E-state index is 0.0474. The van der Waals surface area contributed by atoms with E-state index in [2.05, 4.69) is 18.5 Å². The van der Waals surface area contributed by atoms with Gasteiger partial charge in [0.2, 0.25) is 17.0 Å². The molecule has 2 aliphatic heterocycles. The number of carboxylic acid groups (broad SMARTS) is 2. The number of carbonyl (C=O) groups excluding carboxylic acids is 2. The van der Waals surface area contributed by atoms with Crippen molar-refractivity contribution >= 4 is 40.3 Å². The van der Waals surface area contributed by atoms with Crippen LogP contribution in [0.4, 0.5) is 5.13 Å². The van der Waals surface area contributed by atoms with E-state index in [-0.39, 0.29) is 29.1 Å². The van der Waals surface area contributed by atoms with Gasteiger partial charge in [-0.2, -0.15) is 0 Å². The van der Waals surface area contributed by atoms with Crippen LogP contribution < -0.4 is 5.73 Å². The minimum Gasteiger partial charge on any atom is -0.479 e. The molecule has 10 atom stereocenters. The molecule has 2 fully saturated rings. The number of rotatable bonds is 17. The van der Waals surface area contributed by atoms with Gasteiger partial charge in [-0.15, -0.1) is 11.3 Å². The maximum atomic E-state index is 13.3. The Hall–Kier alpha value is -4.15. The molecule has 15 heteroatoms. The molecule has 2 aromatic rings. The van der Waals surface area contributed by atoms with Gasteiger partial charge in [-0.3, -0.25) is 4.79 Å². The lowest BCUT2D eigenvalue weighted by atomic mass is 9.74. The highest BCUT2D eigenvalue weighted by molar-refractivity contribution is 7.13. The molecule has 2 bridgehead atoms. The Balaban J connectivity index is 1.75. The Labute approximate surface area is 306 Å². The molecule has 0 saturated carbocycles. The van der Waals surface area contributed by atoms with E-state index in [1.807, 2.05) is 51.1 Å². The first-order chi connectivity index (χ1) is 24.4. The summed E-state index contributed by atoms with van der Waals surface area (Å²) in [5.41, 5.74) is 0.0661. The van der Waals surface area contributed by atoms with E-state index in [4.69, 9.17) is 24.7 Å². The molecule has 1 aromatic heterocycles. The number of thiazole rings is 1. The number of fused-ring (bicyclic) bond motifs is 2. The van der Waals surface area contributed by atoms with E-state index >= 15 is 0 Å². The number of aromatic nitrogens is 1. The van der Waals surface area contributed by atoms with Crippen LogP contribution in [0.1, 0.15) is 77.7 Å². The summed E-state index contributed by atoms with van der Waals surface area (Å²) in [6.07, 6.45) is -3.14. The molecule has 6 N–H and O–H groups in total. The lowest BCUT2D eigenvalue weighted by Gasteiger charge is -2.49. The van der Waals surface area contributed by atoms with Crippen molar-refractivity contribution in [1.82, 2.24) is 4.98 Å². The smallest absolute Gasteiger partial charge is 0.344 e. The first-order valence-corrected chi connectivity index (χ1v) is 18.0. The lowest BCUT2D eigenvalue weighted by Crippen LogP contribution is -2.74. The highest BCUT2D eigenvalue weighted by Crippen LogP contribution is 2.59. The minimum atomic E-state index is -3.51. The molecule has 52 heavy (non-hydrogen) atoms. The molecule has 3 heterocycles. The third-order valence-electron chi connectivity index (χ3n) is 9.87. The molecular weight excluding hydrogens is 696 g/mol. The number of carbonyl (C=O) groups is 4. The van der Waals surface area contributed by atoms with Crippen LogP contribution in [-0.2, 0) is 44.5 Å². The van der Waals surface area contributed by atoms with Crippen LogP contribution in [0.5, 0.6) is 0 Å². The van der Waals surface area contributed by atoms with Crippen LogP contribution in [0, 0.1) is 17.8 Å². The van der Waals surface area contributed by atoms with Gasteiger partial charge < -0.3 is 45.1 Å². The van der Waals surface area contributed by atoms with E-state index in [1.54, 1.807) is 6.08 Å². The number of aliphatic carboxylic acids is 2. The van der Waals surface area contributed by atoms with Crippen LogP contribution in [0.2, 0.25) is 0 Å². The monoisotopic (exact) mass is 744 g/mol. The Morgan fingerprint density at radius 1 is 1.13 bits per heavy atom. The van der Waals surface area contributed by atoms with E-state index in [0.29, 0.717) is 17.9 Å². The van der Waals surface area contributed by atoms with E-state index in [1.165, 1.54) is 12.3 Å². The maximum absolute atomic E-state index is 13.3. The van der Waals surface area contributed by atoms with E-state index < -0.39 is 71.7 Å². The fourth-order valence-electron chi connectivity index (χ4n) is 7.05. The van der Waals surface area contributed by atoms with Crippen molar-refractivity contribution < 1.29 is 58.6 Å². The fourth-order valence-corrected chi connectivity index (χ4v) is 7.63. The van der Waals surface area contributed by atoms with Gasteiger partial charge in [-0.25, -0.2) is 19.4 Å². The summed E-state index contributed by atoms with van der Waals surface area (Å²) in [7, 11) is 0. The van der Waals surface area contributed by atoms with Crippen molar-refractivity contribution in [3.63, 3.8) is 0 Å². The second kappa shape index (κ2) is 16.3. The predicted molar refractivity (Wildman–Crippen MR) is 189 cm³/mol. The summed E-state index contributed by atoms with van der Waals surface area (Å²) >= 11 is 0.873. The van der Waals surface area contributed by atoms with Crippen molar-refractivity contribution in [2.45, 2.75) is 108 Å². The number of nitrogens with two attached hydrogens (primary N) is 1. The number of nitrogen functional groups attached to an aromatic ring is 1. The third-order valence-corrected chi connectivity index (χ3v) is 10.6. The third kappa shape index (κ3) is 7.93. The van der Waals surface area contributed by atoms with Gasteiger partial charge in [0.25, 0.3) is 0 Å². The largest absolute Gasteiger partial charge is 0.479 e. The Kier molecular flexibility index (Phi) is 12.7. The van der Waals surface area contributed by atoms with E-state index in [0.717, 1.165) is 35.8 Å². The highest BCUT2D eigenvalue weighted by Gasteiger charge is 2.85. The summed E-state index contributed by atoms with van der Waals surface area (Å²) in [5.74, 6) is -8.27. The zero-order valence-corrected chi connectivity index (χ0v) is 30.7. The number of ether oxygens (including phenoxy) is 4. The summed E-state index contributed by atoms with van der Waals surface area (Å²) < 4.78 is 23.3. The van der Waals surface area contributed by atoms with Crippen LogP contribution in [0.3, 0.4) is 0 Å². The van der Waals surface area contributed by atoms with Gasteiger partial charge in [0.1, 0.15) is 18.3 Å². The van der Waals surface area contributed by atoms with Crippen molar-refractivity contribution in [2.24, 2.45) is 17.8 Å². The summed E-state index contributed by atoms with van der Waals surface area (Å²) in [4.78, 5) is 55.8. The number of benzene rings is 1. The Morgan fingerprint density at radius 3 is 2.37 bits per heavy atom. The second-order valence-electron chi connectivity index (χ2n) is 13.9. The van der Waals surface area contributed by atoms with Crippen LogP contribution in [0.15, 0.2) is 60.0 Å². The van der Waals surface area contributed by atoms with Crippen LogP contribution in [0.25, 0.3) is 0 Å². The fraction of sp³-hybridized carbons (Fsp3) is 0.541. The SMILES string of the molecule is C=C(CC[C@]12OC(c3csc(N)n3)[C@@](O)(C(=O)O)[C@](C(=O)O)(O1)[C@H](OC(=O)/C=C/[C@@H](C)C[C@@H](C)CC)[C@H]2O)[C@@H](OC(C)=O)[C@H](C)Cc1ccccc1. The molecular formula is C37H48N2O12S. The zero-order chi connectivity index (χ0) is 38.6. The first kappa shape index (κ1) is 40.6. The standard InChI is InChI=1S/C37H48N2O12S/c1-7-20(2)17-21(3)13-14-27(41)49-31-29(42)35(16-15-22(4)28(48-24(6)40)23(5)18-25-11-9-8-10-12-25)50-30(26-19-52-34(38)39-26)36(47,32(43)44)37(31,51-35)33(45)46/h8-14,19-21,23,28-31,42,47H,4,7,15-18H2,1-3,5-6H3,(H2,38,39)(H,43,44)(H,45,46)/b14-13+/t20-,21+,23+,28+,29+,30?,31+,35-,36+,37-/m0/s1. The molecule has 4 rings (SSSR count). The molecule has 0 amide bonds. The molecule has 1 aromatic carbocycles. The van der Waals surface area contributed by atoms with Crippen molar-refractivity contribution in [2.75, 3.05) is 5.73 Å². The topological polar surface area (TPSA) is 225 Å². The number of aliphatic hydroxyl groups is 2.